The molecule has 0 aliphatic carbocycles. The number of hydrogen-bond donors (Lipinski definition) is 1. The number of rotatable bonds is 3. The Balaban J connectivity index is 2.27. The quantitative estimate of drug-likeness (QED) is 0.898. The van der Waals surface area contributed by atoms with Gasteiger partial charge in [0, 0.05) is 12.3 Å². The molecular formula is C12H21N3OS. The van der Waals surface area contributed by atoms with E-state index in [1.165, 1.54) is 0 Å². The van der Waals surface area contributed by atoms with Crippen LogP contribution in [0.2, 0.25) is 0 Å². The Kier molecular flexibility index (Phi) is 3.50. The third kappa shape index (κ3) is 2.65. The van der Waals surface area contributed by atoms with Crippen molar-refractivity contribution in [2.24, 2.45) is 5.41 Å². The monoisotopic (exact) mass is 255 g/mol. The first-order valence-electron chi connectivity index (χ1n) is 6.16. The first-order valence-corrected chi connectivity index (χ1v) is 7.31. The van der Waals surface area contributed by atoms with E-state index >= 15 is 0 Å². The van der Waals surface area contributed by atoms with Gasteiger partial charge < -0.3 is 5.11 Å². The third-order valence-electron chi connectivity index (χ3n) is 3.13. The van der Waals surface area contributed by atoms with Crippen LogP contribution in [0.25, 0.3) is 0 Å². The van der Waals surface area contributed by atoms with Crippen molar-refractivity contribution in [3.63, 3.8) is 0 Å². The molecule has 2 heterocycles. The molecule has 1 atom stereocenters. The highest BCUT2D eigenvalue weighted by Crippen LogP contribution is 2.44. The number of thioether (sulfide) groups is 1. The van der Waals surface area contributed by atoms with Crippen LogP contribution < -0.4 is 0 Å². The largest absolute Gasteiger partial charge is 0.383 e. The number of aryl methyl sites for hydroxylation is 1. The summed E-state index contributed by atoms with van der Waals surface area (Å²) >= 11 is 1.81. The van der Waals surface area contributed by atoms with Gasteiger partial charge in [-0.1, -0.05) is 26.0 Å². The van der Waals surface area contributed by atoms with E-state index in [1.807, 2.05) is 16.4 Å². The summed E-state index contributed by atoms with van der Waals surface area (Å²) in [5, 5.41) is 18.9. The van der Waals surface area contributed by atoms with Gasteiger partial charge in [0.05, 0.1) is 11.9 Å². The lowest BCUT2D eigenvalue weighted by Crippen LogP contribution is -2.41. The van der Waals surface area contributed by atoms with Crippen molar-refractivity contribution in [3.05, 3.63) is 11.9 Å². The van der Waals surface area contributed by atoms with Crippen LogP contribution in [0, 0.1) is 5.41 Å². The lowest BCUT2D eigenvalue weighted by Gasteiger charge is -2.40. The molecule has 1 aliphatic heterocycles. The van der Waals surface area contributed by atoms with Crippen molar-refractivity contribution in [2.75, 3.05) is 11.5 Å². The van der Waals surface area contributed by atoms with Gasteiger partial charge in [-0.05, 0) is 24.0 Å². The molecule has 0 aromatic carbocycles. The van der Waals surface area contributed by atoms with Gasteiger partial charge in [-0.15, -0.1) is 5.10 Å². The van der Waals surface area contributed by atoms with Crippen molar-refractivity contribution in [1.29, 1.82) is 0 Å². The molecule has 96 valence electrons. The van der Waals surface area contributed by atoms with Crippen LogP contribution in [0.15, 0.2) is 6.20 Å². The highest BCUT2D eigenvalue weighted by atomic mass is 32.2. The van der Waals surface area contributed by atoms with Gasteiger partial charge in [-0.25, -0.2) is 4.68 Å². The fourth-order valence-corrected chi connectivity index (χ4v) is 3.89. The summed E-state index contributed by atoms with van der Waals surface area (Å²) in [7, 11) is 0. The maximum Gasteiger partial charge on any atom is 0.117 e. The molecule has 1 saturated heterocycles. The SMILES string of the molecule is CCCn1nncc1C1(O)CSCC(C)(C)C1. The van der Waals surface area contributed by atoms with Crippen LogP contribution in [0.3, 0.4) is 0 Å². The number of aromatic nitrogens is 3. The van der Waals surface area contributed by atoms with Crippen molar-refractivity contribution in [1.82, 2.24) is 15.0 Å². The highest BCUT2D eigenvalue weighted by Gasteiger charge is 2.42. The molecule has 0 amide bonds. The molecule has 0 bridgehead atoms. The second-order valence-electron chi connectivity index (χ2n) is 5.71. The molecule has 4 nitrogen and oxygen atoms in total. The van der Waals surface area contributed by atoms with E-state index in [4.69, 9.17) is 0 Å². The molecule has 1 fully saturated rings. The number of nitrogens with zero attached hydrogens (tertiary/aromatic N) is 3. The maximum atomic E-state index is 10.9. The standard InChI is InChI=1S/C12H21N3OS/c1-4-5-15-10(6-13-14-15)12(16)7-11(2,3)8-17-9-12/h6,16H,4-5,7-9H2,1-3H3. The molecule has 2 rings (SSSR count). The minimum absolute atomic E-state index is 0.166. The molecule has 1 aromatic heterocycles. The van der Waals surface area contributed by atoms with Gasteiger partial charge in [-0.2, -0.15) is 11.8 Å². The van der Waals surface area contributed by atoms with Gasteiger partial charge in [0.25, 0.3) is 0 Å². The highest BCUT2D eigenvalue weighted by molar-refractivity contribution is 7.99. The van der Waals surface area contributed by atoms with Crippen LogP contribution >= 0.6 is 11.8 Å². The molecule has 1 unspecified atom stereocenters. The summed E-state index contributed by atoms with van der Waals surface area (Å²) in [6, 6.07) is 0. The summed E-state index contributed by atoms with van der Waals surface area (Å²) in [5.74, 6) is 1.85. The van der Waals surface area contributed by atoms with Gasteiger partial charge in [-0.3, -0.25) is 0 Å². The van der Waals surface area contributed by atoms with Crippen LogP contribution in [-0.4, -0.2) is 31.6 Å². The Bertz CT molecular complexity index is 391. The van der Waals surface area contributed by atoms with Crippen LogP contribution in [0.5, 0.6) is 0 Å². The van der Waals surface area contributed by atoms with Crippen molar-refractivity contribution in [3.8, 4) is 0 Å². The average Bonchev–Trinajstić information content (AvgIpc) is 2.65. The molecule has 0 saturated carbocycles. The average molecular weight is 255 g/mol. The zero-order valence-electron chi connectivity index (χ0n) is 10.8. The molecule has 0 radical (unpaired) electrons. The Labute approximate surface area is 107 Å². The van der Waals surface area contributed by atoms with Crippen LogP contribution in [0.1, 0.15) is 39.3 Å². The van der Waals surface area contributed by atoms with Crippen molar-refractivity contribution in [2.45, 2.75) is 45.8 Å². The van der Waals surface area contributed by atoms with E-state index in [0.717, 1.165) is 36.6 Å². The lowest BCUT2D eigenvalue weighted by atomic mass is 9.80. The fraction of sp³-hybridized carbons (Fsp3) is 0.833. The summed E-state index contributed by atoms with van der Waals surface area (Å²) in [6.45, 7) is 7.34. The third-order valence-corrected chi connectivity index (χ3v) is 4.80. The molecule has 17 heavy (non-hydrogen) atoms. The minimum Gasteiger partial charge on any atom is -0.383 e. The number of hydrogen-bond acceptors (Lipinski definition) is 4. The fourth-order valence-electron chi connectivity index (χ4n) is 2.55. The first-order chi connectivity index (χ1) is 7.97. The smallest absolute Gasteiger partial charge is 0.117 e. The van der Waals surface area contributed by atoms with E-state index in [0.29, 0.717) is 0 Å². The summed E-state index contributed by atoms with van der Waals surface area (Å²) in [6.07, 6.45) is 3.50. The molecule has 1 N–H and O–H groups in total. The Morgan fingerprint density at radius 3 is 2.88 bits per heavy atom. The summed E-state index contributed by atoms with van der Waals surface area (Å²) in [5.41, 5.74) is 0.268. The molecule has 0 spiro atoms. The van der Waals surface area contributed by atoms with E-state index in [-0.39, 0.29) is 5.41 Å². The first kappa shape index (κ1) is 12.9. The van der Waals surface area contributed by atoms with Gasteiger partial charge in [0.2, 0.25) is 0 Å². The number of aliphatic hydroxyl groups is 1. The Hall–Kier alpha value is -0.550. The van der Waals surface area contributed by atoms with Gasteiger partial charge >= 0.3 is 0 Å². The minimum atomic E-state index is -0.773. The zero-order chi connectivity index (χ0) is 12.5. The van der Waals surface area contributed by atoms with E-state index in [1.54, 1.807) is 6.20 Å². The molecule has 1 aromatic rings. The Morgan fingerprint density at radius 1 is 1.47 bits per heavy atom. The van der Waals surface area contributed by atoms with Crippen LogP contribution in [0.4, 0.5) is 0 Å². The van der Waals surface area contributed by atoms with Crippen LogP contribution in [-0.2, 0) is 12.1 Å². The molecular weight excluding hydrogens is 234 g/mol. The van der Waals surface area contributed by atoms with Crippen molar-refractivity contribution < 1.29 is 5.11 Å². The predicted octanol–water partition coefficient (Wildman–Crippen LogP) is 2.04. The van der Waals surface area contributed by atoms with Gasteiger partial charge in [0.15, 0.2) is 0 Å². The zero-order valence-corrected chi connectivity index (χ0v) is 11.6. The molecule has 1 aliphatic rings. The van der Waals surface area contributed by atoms with E-state index < -0.39 is 5.60 Å². The Morgan fingerprint density at radius 2 is 2.24 bits per heavy atom. The van der Waals surface area contributed by atoms with E-state index in [9.17, 15) is 5.11 Å². The summed E-state index contributed by atoms with van der Waals surface area (Å²) in [4.78, 5) is 0. The normalized spacial score (nSPS) is 28.2. The summed E-state index contributed by atoms with van der Waals surface area (Å²) < 4.78 is 1.85. The topological polar surface area (TPSA) is 50.9 Å². The lowest BCUT2D eigenvalue weighted by molar-refractivity contribution is 0.00751. The molecule has 5 heteroatoms. The predicted molar refractivity (Wildman–Crippen MR) is 69.9 cm³/mol. The second kappa shape index (κ2) is 4.61. The van der Waals surface area contributed by atoms with E-state index in [2.05, 4.69) is 31.1 Å². The van der Waals surface area contributed by atoms with Gasteiger partial charge in [0.1, 0.15) is 5.60 Å². The maximum absolute atomic E-state index is 10.9. The van der Waals surface area contributed by atoms with Crippen molar-refractivity contribution >= 4 is 11.8 Å². The second-order valence-corrected chi connectivity index (χ2v) is 6.69.